The SMILES string of the molecule is COc1ccc(-n2sc3c(c2=S)-c2ccccc2NC3(C)C)cc1. The highest BCUT2D eigenvalue weighted by molar-refractivity contribution is 7.71. The second kappa shape index (κ2) is 5.46. The Kier molecular flexibility index (Phi) is 3.51. The summed E-state index contributed by atoms with van der Waals surface area (Å²) < 4.78 is 8.25. The van der Waals surface area contributed by atoms with E-state index in [1.54, 1.807) is 18.6 Å². The van der Waals surface area contributed by atoms with Crippen LogP contribution in [0.4, 0.5) is 5.69 Å². The molecular formula is C19H18N2OS2. The lowest BCUT2D eigenvalue weighted by molar-refractivity contribution is 0.415. The maximum Gasteiger partial charge on any atom is 0.129 e. The van der Waals surface area contributed by atoms with Gasteiger partial charge in [0.05, 0.1) is 23.2 Å². The zero-order valence-corrected chi connectivity index (χ0v) is 15.4. The van der Waals surface area contributed by atoms with Crippen LogP contribution < -0.4 is 10.1 Å². The monoisotopic (exact) mass is 354 g/mol. The number of fused-ring (bicyclic) bond motifs is 3. The van der Waals surface area contributed by atoms with Gasteiger partial charge in [-0.1, -0.05) is 41.9 Å². The predicted octanol–water partition coefficient (Wildman–Crippen LogP) is 5.60. The molecule has 3 nitrogen and oxygen atoms in total. The smallest absolute Gasteiger partial charge is 0.129 e. The summed E-state index contributed by atoms with van der Waals surface area (Å²) in [6, 6.07) is 16.4. The molecule has 0 aliphatic carbocycles. The molecule has 122 valence electrons. The fourth-order valence-corrected chi connectivity index (χ4v) is 4.79. The molecule has 0 fully saturated rings. The van der Waals surface area contributed by atoms with Crippen molar-refractivity contribution in [3.63, 3.8) is 0 Å². The van der Waals surface area contributed by atoms with Crippen LogP contribution >= 0.6 is 23.8 Å². The number of ether oxygens (including phenoxy) is 1. The largest absolute Gasteiger partial charge is 0.497 e. The summed E-state index contributed by atoms with van der Waals surface area (Å²) in [6.07, 6.45) is 0. The normalized spacial score (nSPS) is 14.5. The molecule has 0 bridgehead atoms. The van der Waals surface area contributed by atoms with Gasteiger partial charge in [-0.25, -0.2) is 0 Å². The molecule has 2 heterocycles. The topological polar surface area (TPSA) is 26.2 Å². The minimum Gasteiger partial charge on any atom is -0.497 e. The standard InChI is InChI=1S/C19H18N2OS2/c1-19(2)17-16(14-6-4-5-7-15(14)20-19)18(23)21(24-17)12-8-10-13(22-3)11-9-12/h4-11,20H,1-3H3. The molecule has 1 aromatic heterocycles. The first kappa shape index (κ1) is 15.4. The first-order chi connectivity index (χ1) is 11.5. The van der Waals surface area contributed by atoms with Crippen molar-refractivity contribution in [2.75, 3.05) is 12.4 Å². The molecule has 3 aromatic rings. The van der Waals surface area contributed by atoms with Crippen LogP contribution in [0.3, 0.4) is 0 Å². The number of nitrogens with one attached hydrogen (secondary N) is 1. The molecule has 5 heteroatoms. The van der Waals surface area contributed by atoms with Crippen LogP contribution in [0, 0.1) is 4.64 Å². The average Bonchev–Trinajstić information content (AvgIpc) is 2.94. The van der Waals surface area contributed by atoms with Gasteiger partial charge in [0.25, 0.3) is 0 Å². The number of para-hydroxylation sites is 1. The Balaban J connectivity index is 1.95. The number of methoxy groups -OCH3 is 1. The molecule has 0 amide bonds. The number of hydrogen-bond acceptors (Lipinski definition) is 4. The van der Waals surface area contributed by atoms with Gasteiger partial charge in [-0.05, 0) is 44.2 Å². The van der Waals surface area contributed by atoms with Gasteiger partial charge >= 0.3 is 0 Å². The van der Waals surface area contributed by atoms with Crippen molar-refractivity contribution >= 4 is 29.4 Å². The van der Waals surface area contributed by atoms with E-state index in [1.807, 2.05) is 24.3 Å². The minimum absolute atomic E-state index is 0.153. The minimum atomic E-state index is -0.153. The maximum atomic E-state index is 5.85. The Hall–Kier alpha value is -2.11. The van der Waals surface area contributed by atoms with E-state index < -0.39 is 0 Å². The van der Waals surface area contributed by atoms with Crippen molar-refractivity contribution in [3.8, 4) is 22.6 Å². The average molecular weight is 355 g/mol. The Morgan fingerprint density at radius 3 is 2.50 bits per heavy atom. The zero-order chi connectivity index (χ0) is 16.9. The van der Waals surface area contributed by atoms with Crippen LogP contribution in [-0.2, 0) is 5.54 Å². The van der Waals surface area contributed by atoms with Crippen LogP contribution in [0.5, 0.6) is 5.75 Å². The molecule has 0 saturated heterocycles. The van der Waals surface area contributed by atoms with Gasteiger partial charge < -0.3 is 10.1 Å². The summed E-state index contributed by atoms with van der Waals surface area (Å²) >= 11 is 7.56. The van der Waals surface area contributed by atoms with Crippen molar-refractivity contribution in [1.82, 2.24) is 3.96 Å². The summed E-state index contributed by atoms with van der Waals surface area (Å²) in [5, 5.41) is 3.63. The van der Waals surface area contributed by atoms with Gasteiger partial charge in [-0.3, -0.25) is 3.96 Å². The third-order valence-corrected chi connectivity index (χ3v) is 6.30. The summed E-state index contributed by atoms with van der Waals surface area (Å²) in [6.45, 7) is 4.40. The molecule has 0 saturated carbocycles. The van der Waals surface area contributed by atoms with E-state index in [4.69, 9.17) is 17.0 Å². The Morgan fingerprint density at radius 1 is 1.08 bits per heavy atom. The van der Waals surface area contributed by atoms with E-state index in [0.717, 1.165) is 21.8 Å². The highest BCUT2D eigenvalue weighted by atomic mass is 32.1. The van der Waals surface area contributed by atoms with Crippen LogP contribution in [0.2, 0.25) is 0 Å². The van der Waals surface area contributed by atoms with Gasteiger partial charge in [0, 0.05) is 16.8 Å². The first-order valence-electron chi connectivity index (χ1n) is 7.80. The fourth-order valence-electron chi connectivity index (χ4n) is 3.13. The first-order valence-corrected chi connectivity index (χ1v) is 8.98. The Morgan fingerprint density at radius 2 is 1.79 bits per heavy atom. The van der Waals surface area contributed by atoms with Crippen LogP contribution in [0.1, 0.15) is 18.7 Å². The Labute approximate surface area is 150 Å². The summed E-state index contributed by atoms with van der Waals surface area (Å²) in [7, 11) is 1.68. The van der Waals surface area contributed by atoms with Crippen LogP contribution in [0.25, 0.3) is 16.8 Å². The summed E-state index contributed by atoms with van der Waals surface area (Å²) in [5.74, 6) is 0.846. The zero-order valence-electron chi connectivity index (χ0n) is 13.8. The number of aromatic nitrogens is 1. The highest BCUT2D eigenvalue weighted by Crippen LogP contribution is 2.47. The number of hydrogen-bond donors (Lipinski definition) is 1. The number of rotatable bonds is 2. The lowest BCUT2D eigenvalue weighted by Crippen LogP contribution is -2.30. The van der Waals surface area contributed by atoms with Crippen molar-refractivity contribution in [1.29, 1.82) is 0 Å². The molecule has 1 aliphatic rings. The molecule has 1 N–H and O–H groups in total. The highest BCUT2D eigenvalue weighted by Gasteiger charge is 2.34. The fraction of sp³-hybridized carbons (Fsp3) is 0.211. The molecule has 2 aromatic carbocycles. The van der Waals surface area contributed by atoms with E-state index in [-0.39, 0.29) is 5.54 Å². The van der Waals surface area contributed by atoms with E-state index in [2.05, 4.69) is 47.4 Å². The number of benzene rings is 2. The van der Waals surface area contributed by atoms with Crippen LogP contribution in [0.15, 0.2) is 48.5 Å². The molecule has 0 spiro atoms. The molecule has 0 radical (unpaired) electrons. The second-order valence-electron chi connectivity index (χ2n) is 6.39. The molecule has 0 unspecified atom stereocenters. The Bertz CT molecular complexity index is 968. The summed E-state index contributed by atoms with van der Waals surface area (Å²) in [4.78, 5) is 1.27. The van der Waals surface area contributed by atoms with Crippen molar-refractivity contribution in [2.24, 2.45) is 0 Å². The van der Waals surface area contributed by atoms with Gasteiger partial charge in [0.1, 0.15) is 10.4 Å². The van der Waals surface area contributed by atoms with Crippen molar-refractivity contribution in [2.45, 2.75) is 19.4 Å². The molecular weight excluding hydrogens is 336 g/mol. The molecule has 0 atom stereocenters. The predicted molar refractivity (Wildman–Crippen MR) is 103 cm³/mol. The van der Waals surface area contributed by atoms with Gasteiger partial charge in [0.2, 0.25) is 0 Å². The summed E-state index contributed by atoms with van der Waals surface area (Å²) in [5.41, 5.74) is 4.40. The number of nitrogens with zero attached hydrogens (tertiary/aromatic N) is 1. The van der Waals surface area contributed by atoms with Crippen molar-refractivity contribution < 1.29 is 4.74 Å². The van der Waals surface area contributed by atoms with Crippen LogP contribution in [-0.4, -0.2) is 11.1 Å². The maximum absolute atomic E-state index is 5.85. The quantitative estimate of drug-likeness (QED) is 0.606. The van der Waals surface area contributed by atoms with Crippen molar-refractivity contribution in [3.05, 3.63) is 58.0 Å². The van der Waals surface area contributed by atoms with E-state index in [0.29, 0.717) is 0 Å². The lowest BCUT2D eigenvalue weighted by atomic mass is 9.90. The molecule has 4 rings (SSSR count). The molecule has 24 heavy (non-hydrogen) atoms. The van der Waals surface area contributed by atoms with Gasteiger partial charge in [0.15, 0.2) is 0 Å². The van der Waals surface area contributed by atoms with Gasteiger partial charge in [-0.2, -0.15) is 0 Å². The van der Waals surface area contributed by atoms with E-state index in [1.165, 1.54) is 16.0 Å². The third-order valence-electron chi connectivity index (χ3n) is 4.33. The van der Waals surface area contributed by atoms with Gasteiger partial charge in [-0.15, -0.1) is 0 Å². The molecule has 1 aliphatic heterocycles. The third kappa shape index (κ3) is 2.27. The second-order valence-corrected chi connectivity index (χ2v) is 7.73. The van der Waals surface area contributed by atoms with E-state index in [9.17, 15) is 0 Å². The lowest BCUT2D eigenvalue weighted by Gasteiger charge is -2.33. The van der Waals surface area contributed by atoms with E-state index >= 15 is 0 Å². The number of anilines is 1.